The highest BCUT2D eigenvalue weighted by Gasteiger charge is 2.17. The fourth-order valence-corrected chi connectivity index (χ4v) is 4.71. The summed E-state index contributed by atoms with van der Waals surface area (Å²) in [6.07, 6.45) is -0.107. The van der Waals surface area contributed by atoms with Gasteiger partial charge in [0.1, 0.15) is 0 Å². The molecule has 0 radical (unpaired) electrons. The molecule has 2 aromatic carbocycles. The van der Waals surface area contributed by atoms with Crippen LogP contribution in [0.4, 0.5) is 5.13 Å². The Morgan fingerprint density at radius 2 is 1.73 bits per heavy atom. The van der Waals surface area contributed by atoms with E-state index in [2.05, 4.69) is 10.3 Å². The highest BCUT2D eigenvalue weighted by atomic mass is 32.2. The van der Waals surface area contributed by atoms with Crippen molar-refractivity contribution in [3.05, 3.63) is 53.1 Å². The van der Waals surface area contributed by atoms with Gasteiger partial charge in [0, 0.05) is 6.42 Å². The van der Waals surface area contributed by atoms with Gasteiger partial charge in [0.15, 0.2) is 15.0 Å². The SMILES string of the molecule is Cc1ccc(S(=O)(=O)CCC(=O)Nc2nc3cc(C)c(C)cc3s2)cc1. The monoisotopic (exact) mass is 388 g/mol. The molecule has 0 spiro atoms. The molecule has 1 N–H and O–H groups in total. The van der Waals surface area contributed by atoms with Crippen molar-refractivity contribution in [2.75, 3.05) is 11.1 Å². The molecule has 0 saturated heterocycles. The fourth-order valence-electron chi connectivity index (χ4n) is 2.51. The lowest BCUT2D eigenvalue weighted by Gasteiger charge is -2.05. The van der Waals surface area contributed by atoms with E-state index in [1.165, 1.54) is 16.9 Å². The first kappa shape index (κ1) is 18.5. The second-order valence-electron chi connectivity index (χ2n) is 6.35. The zero-order valence-electron chi connectivity index (χ0n) is 14.9. The van der Waals surface area contributed by atoms with Crippen molar-refractivity contribution in [1.29, 1.82) is 0 Å². The van der Waals surface area contributed by atoms with Crippen molar-refractivity contribution in [3.63, 3.8) is 0 Å². The van der Waals surface area contributed by atoms with Crippen molar-refractivity contribution < 1.29 is 13.2 Å². The Morgan fingerprint density at radius 3 is 2.42 bits per heavy atom. The number of fused-ring (bicyclic) bond motifs is 1. The molecular weight excluding hydrogens is 368 g/mol. The molecule has 7 heteroatoms. The average Bonchev–Trinajstić information content (AvgIpc) is 2.95. The molecule has 0 aliphatic carbocycles. The highest BCUT2D eigenvalue weighted by Crippen LogP contribution is 2.28. The lowest BCUT2D eigenvalue weighted by atomic mass is 10.1. The lowest BCUT2D eigenvalue weighted by molar-refractivity contribution is -0.115. The summed E-state index contributed by atoms with van der Waals surface area (Å²) in [5.41, 5.74) is 4.14. The van der Waals surface area contributed by atoms with Crippen LogP contribution in [0.1, 0.15) is 23.1 Å². The third kappa shape index (κ3) is 4.11. The van der Waals surface area contributed by atoms with E-state index in [0.29, 0.717) is 5.13 Å². The van der Waals surface area contributed by atoms with Crippen LogP contribution in [0.15, 0.2) is 41.3 Å². The first-order chi connectivity index (χ1) is 12.2. The van der Waals surface area contributed by atoms with Gasteiger partial charge >= 0.3 is 0 Å². The summed E-state index contributed by atoms with van der Waals surface area (Å²) < 4.78 is 25.6. The largest absolute Gasteiger partial charge is 0.302 e. The molecule has 1 heterocycles. The van der Waals surface area contributed by atoms with E-state index in [1.807, 2.05) is 32.9 Å². The minimum atomic E-state index is -3.48. The van der Waals surface area contributed by atoms with Gasteiger partial charge in [0.2, 0.25) is 5.91 Å². The molecule has 0 unspecified atom stereocenters. The summed E-state index contributed by atoms with van der Waals surface area (Å²) in [7, 11) is -3.48. The van der Waals surface area contributed by atoms with E-state index >= 15 is 0 Å². The Labute approximate surface area is 157 Å². The smallest absolute Gasteiger partial charge is 0.227 e. The third-order valence-corrected chi connectivity index (χ3v) is 6.89. The van der Waals surface area contributed by atoms with Crippen LogP contribution in [0.25, 0.3) is 10.2 Å². The van der Waals surface area contributed by atoms with Gasteiger partial charge in [0.05, 0.1) is 20.9 Å². The van der Waals surface area contributed by atoms with E-state index in [4.69, 9.17) is 0 Å². The molecule has 136 valence electrons. The Hall–Kier alpha value is -2.25. The number of thiazole rings is 1. The number of sulfone groups is 1. The van der Waals surface area contributed by atoms with Crippen molar-refractivity contribution in [3.8, 4) is 0 Å². The maximum absolute atomic E-state index is 12.3. The van der Waals surface area contributed by atoms with E-state index in [0.717, 1.165) is 21.3 Å². The van der Waals surface area contributed by atoms with Gasteiger partial charge in [-0.3, -0.25) is 4.79 Å². The van der Waals surface area contributed by atoms with Gasteiger partial charge in [-0.1, -0.05) is 29.0 Å². The molecule has 0 fully saturated rings. The standard InChI is InChI=1S/C19H20N2O3S2/c1-12-4-6-15(7-5-12)26(23,24)9-8-18(22)21-19-20-16-10-13(2)14(3)11-17(16)25-19/h4-7,10-11H,8-9H2,1-3H3,(H,20,21,22). The van der Waals surface area contributed by atoms with Gasteiger partial charge in [-0.2, -0.15) is 0 Å². The number of nitrogens with one attached hydrogen (secondary N) is 1. The molecule has 5 nitrogen and oxygen atoms in total. The summed E-state index contributed by atoms with van der Waals surface area (Å²) in [6, 6.07) is 10.7. The molecule has 3 rings (SSSR count). The Bertz CT molecular complexity index is 1030. The maximum atomic E-state index is 12.3. The normalized spacial score (nSPS) is 11.7. The van der Waals surface area contributed by atoms with Crippen LogP contribution < -0.4 is 5.32 Å². The summed E-state index contributed by atoms with van der Waals surface area (Å²) in [6.45, 7) is 5.94. The van der Waals surface area contributed by atoms with Crippen molar-refractivity contribution in [2.24, 2.45) is 0 Å². The molecule has 0 atom stereocenters. The van der Waals surface area contributed by atoms with Gasteiger partial charge < -0.3 is 5.32 Å². The van der Waals surface area contributed by atoms with Crippen LogP contribution in [0, 0.1) is 20.8 Å². The molecule has 0 aliphatic heterocycles. The first-order valence-corrected chi connectivity index (χ1v) is 10.7. The zero-order valence-corrected chi connectivity index (χ0v) is 16.5. The number of aromatic nitrogens is 1. The quantitative estimate of drug-likeness (QED) is 0.716. The van der Waals surface area contributed by atoms with Gasteiger partial charge in [0.25, 0.3) is 0 Å². The predicted molar refractivity (Wildman–Crippen MR) is 106 cm³/mol. The third-order valence-electron chi connectivity index (χ3n) is 4.23. The molecule has 3 aromatic rings. The van der Waals surface area contributed by atoms with E-state index < -0.39 is 9.84 Å². The summed E-state index contributed by atoms with van der Waals surface area (Å²) in [5.74, 6) is -0.585. The summed E-state index contributed by atoms with van der Waals surface area (Å²) in [5, 5.41) is 3.20. The van der Waals surface area contributed by atoms with Crippen LogP contribution in [0.3, 0.4) is 0 Å². The number of amides is 1. The predicted octanol–water partition coefficient (Wildman–Crippen LogP) is 4.02. The molecule has 26 heavy (non-hydrogen) atoms. The topological polar surface area (TPSA) is 76.1 Å². The van der Waals surface area contributed by atoms with Gasteiger partial charge in [-0.05, 0) is 56.2 Å². The van der Waals surface area contributed by atoms with Gasteiger partial charge in [-0.15, -0.1) is 0 Å². The number of carbonyl (C=O) groups excluding carboxylic acids is 1. The first-order valence-electron chi connectivity index (χ1n) is 8.22. The minimum absolute atomic E-state index is 0.107. The van der Waals surface area contributed by atoms with Crippen LogP contribution in [-0.2, 0) is 14.6 Å². The Morgan fingerprint density at radius 1 is 1.08 bits per heavy atom. The fraction of sp³-hybridized carbons (Fsp3) is 0.263. The lowest BCUT2D eigenvalue weighted by Crippen LogP contribution is -2.17. The van der Waals surface area contributed by atoms with Crippen LogP contribution in [0.2, 0.25) is 0 Å². The second kappa shape index (κ2) is 7.17. The second-order valence-corrected chi connectivity index (χ2v) is 9.49. The number of anilines is 1. The number of rotatable bonds is 5. The molecule has 0 saturated carbocycles. The molecule has 0 bridgehead atoms. The summed E-state index contributed by atoms with van der Waals surface area (Å²) >= 11 is 1.39. The van der Waals surface area contributed by atoms with Gasteiger partial charge in [-0.25, -0.2) is 13.4 Å². The van der Waals surface area contributed by atoms with Crippen LogP contribution in [-0.4, -0.2) is 25.1 Å². The number of hydrogen-bond donors (Lipinski definition) is 1. The summed E-state index contributed by atoms with van der Waals surface area (Å²) in [4.78, 5) is 16.8. The number of carbonyl (C=O) groups is 1. The Kier molecular flexibility index (Phi) is 5.11. The van der Waals surface area contributed by atoms with Crippen molar-refractivity contribution in [2.45, 2.75) is 32.1 Å². The number of nitrogens with zero attached hydrogens (tertiary/aromatic N) is 1. The average molecular weight is 389 g/mol. The maximum Gasteiger partial charge on any atom is 0.227 e. The van der Waals surface area contributed by atoms with Crippen molar-refractivity contribution in [1.82, 2.24) is 4.98 Å². The Balaban J connectivity index is 1.66. The number of benzene rings is 2. The minimum Gasteiger partial charge on any atom is -0.302 e. The van der Waals surface area contributed by atoms with E-state index in [1.54, 1.807) is 24.3 Å². The highest BCUT2D eigenvalue weighted by molar-refractivity contribution is 7.91. The van der Waals surface area contributed by atoms with Crippen molar-refractivity contribution >= 4 is 42.4 Å². The zero-order chi connectivity index (χ0) is 18.9. The van der Waals surface area contributed by atoms with Crippen LogP contribution >= 0.6 is 11.3 Å². The molecule has 1 amide bonds. The molecule has 1 aromatic heterocycles. The van der Waals surface area contributed by atoms with Crippen LogP contribution in [0.5, 0.6) is 0 Å². The molecular formula is C19H20N2O3S2. The number of aryl methyl sites for hydroxylation is 3. The molecule has 0 aliphatic rings. The van der Waals surface area contributed by atoms with E-state index in [9.17, 15) is 13.2 Å². The number of hydrogen-bond acceptors (Lipinski definition) is 5. The van der Waals surface area contributed by atoms with E-state index in [-0.39, 0.29) is 23.0 Å².